The van der Waals surface area contributed by atoms with E-state index in [4.69, 9.17) is 4.74 Å². The minimum absolute atomic E-state index is 0.0367. The van der Waals surface area contributed by atoms with Gasteiger partial charge in [-0.05, 0) is 50.2 Å². The number of nitrogens with zero attached hydrogens (tertiary/aromatic N) is 2. The maximum absolute atomic E-state index is 11.5. The molecule has 20 heavy (non-hydrogen) atoms. The second-order valence-electron chi connectivity index (χ2n) is 4.88. The molecule has 6 nitrogen and oxygen atoms in total. The summed E-state index contributed by atoms with van der Waals surface area (Å²) in [5, 5.41) is 10.5. The van der Waals surface area contributed by atoms with Crippen LogP contribution in [0.1, 0.15) is 24.8 Å². The van der Waals surface area contributed by atoms with Gasteiger partial charge in [0.2, 0.25) is 0 Å². The summed E-state index contributed by atoms with van der Waals surface area (Å²) in [6, 6.07) is 6.02. The molecule has 1 saturated heterocycles. The Morgan fingerprint density at radius 2 is 2.00 bits per heavy atom. The number of ether oxygens (including phenoxy) is 1. The van der Waals surface area contributed by atoms with Crippen LogP contribution in [-0.4, -0.2) is 35.4 Å². The van der Waals surface area contributed by atoms with E-state index in [-0.39, 0.29) is 18.3 Å². The van der Waals surface area contributed by atoms with Crippen LogP contribution in [-0.2, 0) is 16.1 Å². The first-order valence-corrected chi connectivity index (χ1v) is 6.76. The molecule has 2 rings (SSSR count). The van der Waals surface area contributed by atoms with Gasteiger partial charge in [0, 0.05) is 18.6 Å². The number of carbonyl (C=O) groups excluding carboxylic acids is 1. The van der Waals surface area contributed by atoms with Crippen molar-refractivity contribution in [3.63, 3.8) is 0 Å². The quantitative estimate of drug-likeness (QED) is 0.434. The highest BCUT2D eigenvalue weighted by molar-refractivity contribution is 5.69. The normalized spacial score (nSPS) is 14.6. The Morgan fingerprint density at radius 3 is 2.55 bits per heavy atom. The van der Waals surface area contributed by atoms with Crippen molar-refractivity contribution in [1.29, 1.82) is 0 Å². The van der Waals surface area contributed by atoms with Gasteiger partial charge in [-0.2, -0.15) is 0 Å². The molecule has 0 amide bonds. The number of hydrogen-bond acceptors (Lipinski definition) is 5. The highest BCUT2D eigenvalue weighted by Gasteiger charge is 2.13. The lowest BCUT2D eigenvalue weighted by molar-refractivity contribution is -0.384. The summed E-state index contributed by atoms with van der Waals surface area (Å²) < 4.78 is 5.13. The maximum atomic E-state index is 11.5. The van der Waals surface area contributed by atoms with Crippen LogP contribution in [0, 0.1) is 10.1 Å². The highest BCUT2D eigenvalue weighted by atomic mass is 16.6. The Bertz CT molecular complexity index is 469. The maximum Gasteiger partial charge on any atom is 0.306 e. The smallest absolute Gasteiger partial charge is 0.306 e. The van der Waals surface area contributed by atoms with Gasteiger partial charge in [-0.3, -0.25) is 14.9 Å². The lowest BCUT2D eigenvalue weighted by atomic mass is 10.2. The lowest BCUT2D eigenvalue weighted by Gasteiger charge is -2.30. The Kier molecular flexibility index (Phi) is 5.06. The second-order valence-corrected chi connectivity index (χ2v) is 4.88. The predicted octanol–water partition coefficient (Wildman–Crippen LogP) is 2.12. The SMILES string of the molecule is O=C(CCCN1CCC1)OCc1ccc([N+](=O)[O-])cc1. The molecule has 0 N–H and O–H groups in total. The van der Waals surface area contributed by atoms with Crippen molar-refractivity contribution in [2.24, 2.45) is 0 Å². The Labute approximate surface area is 117 Å². The average molecular weight is 278 g/mol. The van der Waals surface area contributed by atoms with Crippen LogP contribution in [0.5, 0.6) is 0 Å². The fourth-order valence-corrected chi connectivity index (χ4v) is 2.00. The number of esters is 1. The fraction of sp³-hybridized carbons (Fsp3) is 0.500. The van der Waals surface area contributed by atoms with E-state index in [1.807, 2.05) is 0 Å². The minimum Gasteiger partial charge on any atom is -0.461 e. The van der Waals surface area contributed by atoms with Gasteiger partial charge >= 0.3 is 5.97 Å². The largest absolute Gasteiger partial charge is 0.461 e. The summed E-state index contributed by atoms with van der Waals surface area (Å²) in [4.78, 5) is 23.9. The number of benzene rings is 1. The number of nitro groups is 1. The first-order valence-electron chi connectivity index (χ1n) is 6.76. The number of likely N-dealkylation sites (tertiary alicyclic amines) is 1. The van der Waals surface area contributed by atoms with Gasteiger partial charge < -0.3 is 9.64 Å². The van der Waals surface area contributed by atoms with Gasteiger partial charge in [0.25, 0.3) is 5.69 Å². The molecule has 1 fully saturated rings. The number of hydrogen-bond donors (Lipinski definition) is 0. The van der Waals surface area contributed by atoms with E-state index in [2.05, 4.69) is 4.90 Å². The zero-order valence-corrected chi connectivity index (χ0v) is 11.3. The van der Waals surface area contributed by atoms with Gasteiger partial charge in [-0.15, -0.1) is 0 Å². The molecule has 0 unspecified atom stereocenters. The third-order valence-corrected chi connectivity index (χ3v) is 3.35. The summed E-state index contributed by atoms with van der Waals surface area (Å²) in [5.41, 5.74) is 0.793. The van der Waals surface area contributed by atoms with Crippen molar-refractivity contribution < 1.29 is 14.5 Å². The lowest BCUT2D eigenvalue weighted by Crippen LogP contribution is -2.37. The van der Waals surface area contributed by atoms with E-state index in [1.165, 1.54) is 18.6 Å². The number of non-ortho nitro benzene ring substituents is 1. The molecule has 1 aromatic carbocycles. The van der Waals surface area contributed by atoms with Crippen molar-refractivity contribution >= 4 is 11.7 Å². The zero-order valence-electron chi connectivity index (χ0n) is 11.3. The van der Waals surface area contributed by atoms with E-state index >= 15 is 0 Å². The molecule has 0 aromatic heterocycles. The molecule has 0 aliphatic carbocycles. The van der Waals surface area contributed by atoms with Crippen LogP contribution in [0.25, 0.3) is 0 Å². The number of carbonyl (C=O) groups is 1. The predicted molar refractivity (Wildman–Crippen MR) is 73.2 cm³/mol. The molecule has 1 aliphatic heterocycles. The van der Waals surface area contributed by atoms with Gasteiger partial charge in [0.1, 0.15) is 6.61 Å². The molecule has 0 atom stereocenters. The molecule has 6 heteroatoms. The summed E-state index contributed by atoms with van der Waals surface area (Å²) >= 11 is 0. The first kappa shape index (κ1) is 14.5. The number of nitro benzene ring substituents is 1. The highest BCUT2D eigenvalue weighted by Crippen LogP contribution is 2.13. The van der Waals surface area contributed by atoms with Crippen molar-refractivity contribution in [2.45, 2.75) is 25.9 Å². The van der Waals surface area contributed by atoms with Crippen LogP contribution in [0.3, 0.4) is 0 Å². The summed E-state index contributed by atoms with van der Waals surface area (Å²) in [7, 11) is 0. The van der Waals surface area contributed by atoms with Crippen molar-refractivity contribution in [3.05, 3.63) is 39.9 Å². The van der Waals surface area contributed by atoms with E-state index in [0.717, 1.165) is 31.6 Å². The molecule has 0 spiro atoms. The monoisotopic (exact) mass is 278 g/mol. The molecule has 0 saturated carbocycles. The molecule has 1 aromatic rings. The molecule has 1 aliphatic rings. The first-order chi connectivity index (χ1) is 9.65. The summed E-state index contributed by atoms with van der Waals surface area (Å²) in [5.74, 6) is -0.219. The Balaban J connectivity index is 1.65. The van der Waals surface area contributed by atoms with Crippen LogP contribution in [0.4, 0.5) is 5.69 Å². The number of rotatable bonds is 7. The molecule has 0 bridgehead atoms. The fourth-order valence-electron chi connectivity index (χ4n) is 2.00. The van der Waals surface area contributed by atoms with Crippen molar-refractivity contribution in [2.75, 3.05) is 19.6 Å². The van der Waals surface area contributed by atoms with Gasteiger partial charge in [0.05, 0.1) is 4.92 Å². The van der Waals surface area contributed by atoms with E-state index in [0.29, 0.717) is 6.42 Å². The standard InChI is InChI=1S/C14H18N2O4/c17-14(3-1-8-15-9-2-10-15)20-11-12-4-6-13(7-5-12)16(18)19/h4-7H,1-3,8-11H2. The van der Waals surface area contributed by atoms with E-state index < -0.39 is 4.92 Å². The van der Waals surface area contributed by atoms with E-state index in [9.17, 15) is 14.9 Å². The van der Waals surface area contributed by atoms with Crippen LogP contribution in [0.2, 0.25) is 0 Å². The molecule has 108 valence electrons. The van der Waals surface area contributed by atoms with Crippen LogP contribution in [0.15, 0.2) is 24.3 Å². The molecule has 0 radical (unpaired) electrons. The minimum atomic E-state index is -0.453. The third kappa shape index (κ3) is 4.31. The third-order valence-electron chi connectivity index (χ3n) is 3.35. The Hall–Kier alpha value is -1.95. The summed E-state index contributed by atoms with van der Waals surface area (Å²) in [6.45, 7) is 3.39. The molecular weight excluding hydrogens is 260 g/mol. The van der Waals surface area contributed by atoms with Crippen LogP contribution >= 0.6 is 0 Å². The van der Waals surface area contributed by atoms with Crippen molar-refractivity contribution in [1.82, 2.24) is 4.90 Å². The van der Waals surface area contributed by atoms with E-state index in [1.54, 1.807) is 12.1 Å². The summed E-state index contributed by atoms with van der Waals surface area (Å²) in [6.07, 6.45) is 2.49. The average Bonchev–Trinajstić information content (AvgIpc) is 2.39. The van der Waals surface area contributed by atoms with Gasteiger partial charge in [0.15, 0.2) is 0 Å². The van der Waals surface area contributed by atoms with Crippen LogP contribution < -0.4 is 0 Å². The van der Waals surface area contributed by atoms with Gasteiger partial charge in [-0.25, -0.2) is 0 Å². The van der Waals surface area contributed by atoms with Crippen molar-refractivity contribution in [3.8, 4) is 0 Å². The molecular formula is C14H18N2O4. The molecule has 1 heterocycles. The van der Waals surface area contributed by atoms with Gasteiger partial charge in [-0.1, -0.05) is 0 Å². The topological polar surface area (TPSA) is 72.7 Å². The Morgan fingerprint density at radius 1 is 1.30 bits per heavy atom. The second kappa shape index (κ2) is 7.00. The zero-order chi connectivity index (χ0) is 14.4.